The Labute approximate surface area is 134 Å². The summed E-state index contributed by atoms with van der Waals surface area (Å²) in [6.45, 7) is 10.8. The third-order valence-corrected chi connectivity index (χ3v) is 4.49. The zero-order valence-electron chi connectivity index (χ0n) is 14.4. The van der Waals surface area contributed by atoms with Crippen molar-refractivity contribution in [2.45, 2.75) is 53.0 Å². The van der Waals surface area contributed by atoms with Crippen LogP contribution in [-0.2, 0) is 4.79 Å². The number of hydrogen-bond donors (Lipinski definition) is 2. The van der Waals surface area contributed by atoms with Gasteiger partial charge in [-0.05, 0) is 49.8 Å². The first-order valence-electron chi connectivity index (χ1n) is 8.43. The van der Waals surface area contributed by atoms with Crippen LogP contribution in [0.3, 0.4) is 0 Å². The summed E-state index contributed by atoms with van der Waals surface area (Å²) in [5.74, 6) is 0.839. The molecule has 122 valence electrons. The van der Waals surface area contributed by atoms with E-state index in [0.717, 1.165) is 19.5 Å². The third kappa shape index (κ3) is 4.84. The Morgan fingerprint density at radius 2 is 2.18 bits per heavy atom. The third-order valence-electron chi connectivity index (χ3n) is 4.49. The highest BCUT2D eigenvalue weighted by Crippen LogP contribution is 2.33. The maximum absolute atomic E-state index is 12.4. The van der Waals surface area contributed by atoms with Crippen LogP contribution in [0.2, 0.25) is 0 Å². The van der Waals surface area contributed by atoms with Gasteiger partial charge in [0, 0.05) is 6.42 Å². The molecule has 2 N–H and O–H groups in total. The largest absolute Gasteiger partial charge is 0.349 e. The van der Waals surface area contributed by atoms with E-state index < -0.39 is 0 Å². The lowest BCUT2D eigenvalue weighted by atomic mass is 9.82. The highest BCUT2D eigenvalue weighted by atomic mass is 16.1. The van der Waals surface area contributed by atoms with Crippen molar-refractivity contribution in [1.29, 1.82) is 0 Å². The van der Waals surface area contributed by atoms with Crippen molar-refractivity contribution in [3.8, 4) is 0 Å². The first-order valence-corrected chi connectivity index (χ1v) is 8.43. The van der Waals surface area contributed by atoms with Gasteiger partial charge in [0.05, 0.1) is 6.04 Å². The fourth-order valence-electron chi connectivity index (χ4n) is 3.18. The maximum atomic E-state index is 12.4. The molecule has 0 aromatic heterocycles. The second kappa shape index (κ2) is 7.28. The van der Waals surface area contributed by atoms with Crippen molar-refractivity contribution in [3.63, 3.8) is 0 Å². The zero-order valence-corrected chi connectivity index (χ0v) is 14.4. The van der Waals surface area contributed by atoms with Gasteiger partial charge in [0.2, 0.25) is 5.91 Å². The molecule has 1 aromatic carbocycles. The molecule has 2 unspecified atom stereocenters. The summed E-state index contributed by atoms with van der Waals surface area (Å²) in [5, 5.41) is 6.63. The quantitative estimate of drug-likeness (QED) is 0.873. The predicted molar refractivity (Wildman–Crippen MR) is 91.7 cm³/mol. The van der Waals surface area contributed by atoms with Gasteiger partial charge in [0.1, 0.15) is 0 Å². The van der Waals surface area contributed by atoms with Crippen LogP contribution in [0.5, 0.6) is 0 Å². The average molecular weight is 302 g/mol. The molecule has 1 aromatic rings. The van der Waals surface area contributed by atoms with E-state index >= 15 is 0 Å². The minimum atomic E-state index is -0.00162. The van der Waals surface area contributed by atoms with E-state index in [4.69, 9.17) is 0 Å². The summed E-state index contributed by atoms with van der Waals surface area (Å²) < 4.78 is 0. The van der Waals surface area contributed by atoms with Crippen LogP contribution in [0.4, 0.5) is 0 Å². The Bertz CT molecular complexity index is 498. The van der Waals surface area contributed by atoms with E-state index in [1.54, 1.807) is 0 Å². The molecule has 3 nitrogen and oxygen atoms in total. The molecule has 1 aliphatic rings. The van der Waals surface area contributed by atoms with Crippen LogP contribution in [0.1, 0.15) is 57.2 Å². The summed E-state index contributed by atoms with van der Waals surface area (Å²) >= 11 is 0. The van der Waals surface area contributed by atoms with E-state index in [1.807, 2.05) is 0 Å². The van der Waals surface area contributed by atoms with Crippen LogP contribution in [0, 0.1) is 18.3 Å². The summed E-state index contributed by atoms with van der Waals surface area (Å²) in [4.78, 5) is 12.4. The molecule has 22 heavy (non-hydrogen) atoms. The fraction of sp³-hybridized carbons (Fsp3) is 0.632. The molecule has 2 rings (SSSR count). The molecule has 3 heteroatoms. The average Bonchev–Trinajstić information content (AvgIpc) is 2.94. The first kappa shape index (κ1) is 17.0. The lowest BCUT2D eigenvalue weighted by molar-refractivity contribution is -0.122. The first-order chi connectivity index (χ1) is 10.4. The normalized spacial score (nSPS) is 19.9. The molecule has 1 saturated heterocycles. The molecule has 1 amide bonds. The van der Waals surface area contributed by atoms with E-state index in [1.165, 1.54) is 17.5 Å². The van der Waals surface area contributed by atoms with Gasteiger partial charge in [0.15, 0.2) is 0 Å². The lowest BCUT2D eigenvalue weighted by Crippen LogP contribution is -2.36. The maximum Gasteiger partial charge on any atom is 0.220 e. The van der Waals surface area contributed by atoms with Gasteiger partial charge in [-0.1, -0.05) is 50.6 Å². The van der Waals surface area contributed by atoms with Crippen molar-refractivity contribution in [2.75, 3.05) is 13.1 Å². The number of amides is 1. The highest BCUT2D eigenvalue weighted by Gasteiger charge is 2.28. The Morgan fingerprint density at radius 3 is 2.77 bits per heavy atom. The van der Waals surface area contributed by atoms with Crippen molar-refractivity contribution in [1.82, 2.24) is 10.6 Å². The Morgan fingerprint density at radius 1 is 1.41 bits per heavy atom. The van der Waals surface area contributed by atoms with Crippen LogP contribution < -0.4 is 10.6 Å². The fourth-order valence-corrected chi connectivity index (χ4v) is 3.18. The lowest BCUT2D eigenvalue weighted by Gasteiger charge is -2.32. The smallest absolute Gasteiger partial charge is 0.220 e. The Hall–Kier alpha value is -1.35. The second-order valence-corrected chi connectivity index (χ2v) is 7.68. The SMILES string of the molecule is Cc1cccc(C(NC(=O)CCC2CCNC2)C(C)(C)C)c1. The van der Waals surface area contributed by atoms with Crippen molar-refractivity contribution in [2.24, 2.45) is 11.3 Å². The van der Waals surface area contributed by atoms with Gasteiger partial charge >= 0.3 is 0 Å². The van der Waals surface area contributed by atoms with Crippen molar-refractivity contribution in [3.05, 3.63) is 35.4 Å². The summed E-state index contributed by atoms with van der Waals surface area (Å²) in [6, 6.07) is 8.51. The molecule has 1 heterocycles. The summed E-state index contributed by atoms with van der Waals surface area (Å²) in [7, 11) is 0. The van der Waals surface area contributed by atoms with E-state index in [0.29, 0.717) is 12.3 Å². The standard InChI is InChI=1S/C19H30N2O/c1-14-6-5-7-16(12-14)18(19(2,3)4)21-17(22)9-8-15-10-11-20-13-15/h5-7,12,15,18,20H,8-11,13H2,1-4H3,(H,21,22). The molecule has 0 bridgehead atoms. The summed E-state index contributed by atoms with van der Waals surface area (Å²) in [5.41, 5.74) is 2.43. The van der Waals surface area contributed by atoms with Crippen molar-refractivity contribution >= 4 is 5.91 Å². The molecule has 0 saturated carbocycles. The minimum absolute atomic E-state index is 0.00162. The molecule has 2 atom stereocenters. The molecule has 0 aliphatic carbocycles. The van der Waals surface area contributed by atoms with Gasteiger partial charge in [-0.15, -0.1) is 0 Å². The van der Waals surface area contributed by atoms with Crippen molar-refractivity contribution < 1.29 is 4.79 Å². The molecule has 0 spiro atoms. The zero-order chi connectivity index (χ0) is 16.2. The van der Waals surface area contributed by atoms with E-state index in [2.05, 4.69) is 62.6 Å². The topological polar surface area (TPSA) is 41.1 Å². The number of rotatable bonds is 5. The monoisotopic (exact) mass is 302 g/mol. The van der Waals surface area contributed by atoms with Crippen LogP contribution in [0.25, 0.3) is 0 Å². The molecular formula is C19H30N2O. The number of carbonyl (C=O) groups excluding carboxylic acids is 1. The van der Waals surface area contributed by atoms with Gasteiger partial charge < -0.3 is 10.6 Å². The number of benzene rings is 1. The second-order valence-electron chi connectivity index (χ2n) is 7.68. The minimum Gasteiger partial charge on any atom is -0.349 e. The van der Waals surface area contributed by atoms with Crippen LogP contribution >= 0.6 is 0 Å². The molecular weight excluding hydrogens is 272 g/mol. The van der Waals surface area contributed by atoms with Gasteiger partial charge in [0.25, 0.3) is 0 Å². The molecule has 0 radical (unpaired) electrons. The predicted octanol–water partition coefficient (Wildman–Crippen LogP) is 3.59. The molecule has 1 aliphatic heterocycles. The Kier molecular flexibility index (Phi) is 5.63. The number of aryl methyl sites for hydroxylation is 1. The number of nitrogens with one attached hydrogen (secondary N) is 2. The highest BCUT2D eigenvalue weighted by molar-refractivity contribution is 5.76. The number of carbonyl (C=O) groups is 1. The van der Waals surface area contributed by atoms with Crippen LogP contribution in [-0.4, -0.2) is 19.0 Å². The van der Waals surface area contributed by atoms with E-state index in [-0.39, 0.29) is 17.4 Å². The van der Waals surface area contributed by atoms with Gasteiger partial charge in [-0.3, -0.25) is 4.79 Å². The summed E-state index contributed by atoms with van der Waals surface area (Å²) in [6.07, 6.45) is 2.82. The van der Waals surface area contributed by atoms with Gasteiger partial charge in [-0.25, -0.2) is 0 Å². The number of hydrogen-bond acceptors (Lipinski definition) is 2. The van der Waals surface area contributed by atoms with Gasteiger partial charge in [-0.2, -0.15) is 0 Å². The van der Waals surface area contributed by atoms with Crippen LogP contribution in [0.15, 0.2) is 24.3 Å². The van der Waals surface area contributed by atoms with E-state index in [9.17, 15) is 4.79 Å². The Balaban J connectivity index is 1.99. The molecule has 1 fully saturated rings.